The summed E-state index contributed by atoms with van der Waals surface area (Å²) in [5, 5.41) is 4.06. The number of benzene rings is 1. The molecule has 2 aromatic rings. The number of aromatic nitrogens is 1. The van der Waals surface area contributed by atoms with Crippen molar-refractivity contribution < 1.29 is 18.8 Å². The Balaban J connectivity index is 1.79. The Morgan fingerprint density at radius 1 is 1.15 bits per heavy atom. The molecule has 1 fully saturated rings. The first-order chi connectivity index (χ1) is 13.1. The molecule has 6 heteroatoms. The van der Waals surface area contributed by atoms with Gasteiger partial charge in [0.05, 0.1) is 19.9 Å². The standard InChI is InChI=1S/C21H26N2O4/c1-13-10-19(27-22-13)20-16-12-18(26-3)17(25-2)11-15(16)8-9-23(20)21(24)14-6-4-5-7-14/h10-12,14,20H,4-9H2,1-3H3. The van der Waals surface area contributed by atoms with E-state index in [0.29, 0.717) is 23.8 Å². The van der Waals surface area contributed by atoms with Crippen LogP contribution in [0, 0.1) is 12.8 Å². The highest BCUT2D eigenvalue weighted by atomic mass is 16.5. The fraction of sp³-hybridized carbons (Fsp3) is 0.524. The van der Waals surface area contributed by atoms with Gasteiger partial charge in [0.15, 0.2) is 17.3 Å². The quantitative estimate of drug-likeness (QED) is 0.822. The van der Waals surface area contributed by atoms with Crippen molar-refractivity contribution in [2.75, 3.05) is 20.8 Å². The molecule has 1 amide bonds. The molecule has 0 bridgehead atoms. The van der Waals surface area contributed by atoms with Gasteiger partial charge in [0.25, 0.3) is 0 Å². The number of hydrogen-bond donors (Lipinski definition) is 0. The van der Waals surface area contributed by atoms with Crippen molar-refractivity contribution in [3.05, 3.63) is 40.8 Å². The highest BCUT2D eigenvalue weighted by molar-refractivity contribution is 5.80. The molecule has 6 nitrogen and oxygen atoms in total. The molecule has 0 spiro atoms. The highest BCUT2D eigenvalue weighted by Gasteiger charge is 2.38. The zero-order valence-corrected chi connectivity index (χ0v) is 16.2. The second-order valence-corrected chi connectivity index (χ2v) is 7.44. The van der Waals surface area contributed by atoms with Crippen LogP contribution in [0.2, 0.25) is 0 Å². The molecule has 0 N–H and O–H groups in total. The topological polar surface area (TPSA) is 64.8 Å². The average molecular weight is 370 g/mol. The van der Waals surface area contributed by atoms with Crippen molar-refractivity contribution >= 4 is 5.91 Å². The van der Waals surface area contributed by atoms with Crippen molar-refractivity contribution in [2.24, 2.45) is 5.92 Å². The van der Waals surface area contributed by atoms with E-state index in [4.69, 9.17) is 14.0 Å². The third kappa shape index (κ3) is 3.17. The van der Waals surface area contributed by atoms with E-state index in [1.165, 1.54) is 0 Å². The number of carbonyl (C=O) groups is 1. The van der Waals surface area contributed by atoms with Crippen molar-refractivity contribution in [1.82, 2.24) is 10.1 Å². The molecule has 4 rings (SSSR count). The predicted octanol–water partition coefficient (Wildman–Crippen LogP) is 3.66. The zero-order chi connectivity index (χ0) is 19.0. The fourth-order valence-corrected chi connectivity index (χ4v) is 4.41. The molecule has 1 unspecified atom stereocenters. The second-order valence-electron chi connectivity index (χ2n) is 7.44. The van der Waals surface area contributed by atoms with Crippen molar-refractivity contribution in [3.63, 3.8) is 0 Å². The molecule has 2 heterocycles. The first-order valence-corrected chi connectivity index (χ1v) is 9.61. The summed E-state index contributed by atoms with van der Waals surface area (Å²) in [5.74, 6) is 2.42. The summed E-state index contributed by atoms with van der Waals surface area (Å²) in [6, 6.07) is 5.64. The van der Waals surface area contributed by atoms with Crippen LogP contribution in [0.1, 0.15) is 54.3 Å². The maximum absolute atomic E-state index is 13.3. The highest BCUT2D eigenvalue weighted by Crippen LogP contribution is 2.42. The lowest BCUT2D eigenvalue weighted by Gasteiger charge is -2.37. The van der Waals surface area contributed by atoms with E-state index in [9.17, 15) is 4.79 Å². The number of amides is 1. The molecule has 1 aromatic heterocycles. The Hall–Kier alpha value is -2.50. The maximum Gasteiger partial charge on any atom is 0.226 e. The minimum Gasteiger partial charge on any atom is -0.493 e. The van der Waals surface area contributed by atoms with Gasteiger partial charge >= 0.3 is 0 Å². The Bertz CT molecular complexity index is 839. The summed E-state index contributed by atoms with van der Waals surface area (Å²) in [4.78, 5) is 15.3. The van der Waals surface area contributed by atoms with Crippen LogP contribution in [0.4, 0.5) is 0 Å². The number of nitrogens with zero attached hydrogens (tertiary/aromatic N) is 2. The molecule has 1 aliphatic carbocycles. The summed E-state index contributed by atoms with van der Waals surface area (Å²) < 4.78 is 16.6. The lowest BCUT2D eigenvalue weighted by Crippen LogP contribution is -2.43. The van der Waals surface area contributed by atoms with Crippen molar-refractivity contribution in [3.8, 4) is 11.5 Å². The van der Waals surface area contributed by atoms with Crippen LogP contribution in [0.25, 0.3) is 0 Å². The molecule has 0 radical (unpaired) electrons. The number of aryl methyl sites for hydroxylation is 1. The van der Waals surface area contributed by atoms with Gasteiger partial charge in [0.1, 0.15) is 6.04 Å². The Morgan fingerprint density at radius 3 is 2.48 bits per heavy atom. The molecule has 27 heavy (non-hydrogen) atoms. The summed E-state index contributed by atoms with van der Waals surface area (Å²) >= 11 is 0. The first kappa shape index (κ1) is 17.9. The van der Waals surface area contributed by atoms with E-state index in [1.54, 1.807) is 14.2 Å². The molecule has 144 valence electrons. The van der Waals surface area contributed by atoms with Crippen LogP contribution in [0.15, 0.2) is 22.7 Å². The van der Waals surface area contributed by atoms with E-state index in [-0.39, 0.29) is 17.9 Å². The monoisotopic (exact) mass is 370 g/mol. The summed E-state index contributed by atoms with van der Waals surface area (Å²) in [5.41, 5.74) is 2.99. The molecule has 0 saturated heterocycles. The van der Waals surface area contributed by atoms with Gasteiger partial charge in [-0.15, -0.1) is 0 Å². The lowest BCUT2D eigenvalue weighted by molar-refractivity contribution is -0.137. The van der Waals surface area contributed by atoms with Crippen LogP contribution in [0.3, 0.4) is 0 Å². The van der Waals surface area contributed by atoms with Gasteiger partial charge in [-0.05, 0) is 49.4 Å². The number of fused-ring (bicyclic) bond motifs is 1. The van der Waals surface area contributed by atoms with Crippen LogP contribution in [-0.4, -0.2) is 36.7 Å². The number of rotatable bonds is 4. The number of carbonyl (C=O) groups excluding carboxylic acids is 1. The maximum atomic E-state index is 13.3. The van der Waals surface area contributed by atoms with E-state index < -0.39 is 0 Å². The van der Waals surface area contributed by atoms with Gasteiger partial charge < -0.3 is 18.9 Å². The Kier molecular flexibility index (Phi) is 4.81. The van der Waals surface area contributed by atoms with E-state index in [2.05, 4.69) is 5.16 Å². The van der Waals surface area contributed by atoms with Crippen molar-refractivity contribution in [1.29, 1.82) is 0 Å². The molecule has 1 aliphatic heterocycles. The molecule has 1 saturated carbocycles. The smallest absolute Gasteiger partial charge is 0.226 e. The number of hydrogen-bond acceptors (Lipinski definition) is 5. The van der Waals surface area contributed by atoms with Gasteiger partial charge in [-0.2, -0.15) is 0 Å². The average Bonchev–Trinajstić information content (AvgIpc) is 3.37. The van der Waals surface area contributed by atoms with E-state index >= 15 is 0 Å². The van der Waals surface area contributed by atoms with Gasteiger partial charge in [0, 0.05) is 18.5 Å². The van der Waals surface area contributed by atoms with Gasteiger partial charge in [0.2, 0.25) is 5.91 Å². The van der Waals surface area contributed by atoms with Crippen LogP contribution < -0.4 is 9.47 Å². The van der Waals surface area contributed by atoms with Gasteiger partial charge in [-0.3, -0.25) is 4.79 Å². The van der Waals surface area contributed by atoms with Gasteiger partial charge in [-0.25, -0.2) is 0 Å². The summed E-state index contributed by atoms with van der Waals surface area (Å²) in [7, 11) is 3.27. The predicted molar refractivity (Wildman–Crippen MR) is 100 cm³/mol. The van der Waals surface area contributed by atoms with Crippen molar-refractivity contribution in [2.45, 2.75) is 45.1 Å². The SMILES string of the molecule is COc1cc2c(cc1OC)C(c1cc(C)no1)N(C(=O)C1CCCC1)CC2. The number of ether oxygens (including phenoxy) is 2. The summed E-state index contributed by atoms with van der Waals surface area (Å²) in [6.07, 6.45) is 5.03. The fourth-order valence-electron chi connectivity index (χ4n) is 4.41. The minimum absolute atomic E-state index is 0.123. The molecular weight excluding hydrogens is 344 g/mol. The van der Waals surface area contributed by atoms with E-state index in [0.717, 1.165) is 48.9 Å². The van der Waals surface area contributed by atoms with Gasteiger partial charge in [-0.1, -0.05) is 18.0 Å². The zero-order valence-electron chi connectivity index (χ0n) is 16.2. The van der Waals surface area contributed by atoms with E-state index in [1.807, 2.05) is 30.0 Å². The van der Waals surface area contributed by atoms with Crippen LogP contribution in [-0.2, 0) is 11.2 Å². The molecular formula is C21H26N2O4. The molecule has 1 atom stereocenters. The molecule has 2 aliphatic rings. The third-order valence-corrected chi connectivity index (χ3v) is 5.78. The third-order valence-electron chi connectivity index (χ3n) is 5.78. The van der Waals surface area contributed by atoms with Crippen LogP contribution in [0.5, 0.6) is 11.5 Å². The Labute approximate surface area is 159 Å². The number of methoxy groups -OCH3 is 2. The first-order valence-electron chi connectivity index (χ1n) is 9.61. The largest absolute Gasteiger partial charge is 0.493 e. The summed E-state index contributed by atoms with van der Waals surface area (Å²) in [6.45, 7) is 2.57. The Morgan fingerprint density at radius 2 is 1.85 bits per heavy atom. The lowest BCUT2D eigenvalue weighted by atomic mass is 9.89. The second kappa shape index (κ2) is 7.25. The minimum atomic E-state index is -0.275. The van der Waals surface area contributed by atoms with Crippen LogP contribution >= 0.6 is 0 Å². The molecule has 1 aromatic carbocycles. The normalized spacial score (nSPS) is 19.8.